The van der Waals surface area contributed by atoms with E-state index in [1.54, 1.807) is 6.07 Å². The Kier molecular flexibility index (Phi) is 7.16. The summed E-state index contributed by atoms with van der Waals surface area (Å²) in [5.41, 5.74) is 2.99. The van der Waals surface area contributed by atoms with Crippen molar-refractivity contribution in [1.29, 1.82) is 0 Å². The van der Waals surface area contributed by atoms with Crippen LogP contribution in [0.4, 0.5) is 4.39 Å². The number of hydrogen-bond donors (Lipinski definition) is 2. The smallest absolute Gasteiger partial charge is 0.332 e. The predicted octanol–water partition coefficient (Wildman–Crippen LogP) is 3.83. The number of aliphatic hydroxyl groups excluding tert-OH is 1. The number of carboxylic acids is 1. The number of benzene rings is 2. The highest BCUT2D eigenvalue weighted by Crippen LogP contribution is 2.27. The van der Waals surface area contributed by atoms with E-state index in [-0.39, 0.29) is 18.1 Å². The quantitative estimate of drug-likeness (QED) is 0.713. The number of halogens is 1. The second-order valence-corrected chi connectivity index (χ2v) is 6.65. The highest BCUT2D eigenvalue weighted by Gasteiger charge is 2.18. The molecule has 0 saturated heterocycles. The second kappa shape index (κ2) is 9.34. The first-order chi connectivity index (χ1) is 12.4. The fourth-order valence-electron chi connectivity index (χ4n) is 3.01. The zero-order chi connectivity index (χ0) is 19.1. The highest BCUT2D eigenvalue weighted by atomic mass is 19.1. The van der Waals surface area contributed by atoms with Crippen molar-refractivity contribution in [1.82, 2.24) is 0 Å². The molecular formula is C21H25FO4. The van der Waals surface area contributed by atoms with Crippen LogP contribution in [0.3, 0.4) is 0 Å². The van der Waals surface area contributed by atoms with Gasteiger partial charge in [-0.3, -0.25) is 0 Å². The van der Waals surface area contributed by atoms with Crippen LogP contribution in [0, 0.1) is 11.7 Å². The summed E-state index contributed by atoms with van der Waals surface area (Å²) >= 11 is 0. The average Bonchev–Trinajstić information content (AvgIpc) is 2.62. The molecule has 140 valence electrons. The third-order valence-electron chi connectivity index (χ3n) is 4.53. The zero-order valence-corrected chi connectivity index (χ0v) is 15.1. The SMILES string of the molecule is COc1cc(Cc2ccccc2)c(CCC(C)CC(O)C(=O)O)cc1F. The molecule has 2 atom stereocenters. The van der Waals surface area contributed by atoms with Gasteiger partial charge in [0.2, 0.25) is 0 Å². The van der Waals surface area contributed by atoms with E-state index in [9.17, 15) is 14.3 Å². The minimum atomic E-state index is -1.36. The van der Waals surface area contributed by atoms with Crippen LogP contribution in [-0.4, -0.2) is 29.4 Å². The predicted molar refractivity (Wildman–Crippen MR) is 97.9 cm³/mol. The molecule has 4 nitrogen and oxygen atoms in total. The summed E-state index contributed by atoms with van der Waals surface area (Å²) in [5, 5.41) is 18.3. The Morgan fingerprint density at radius 2 is 1.88 bits per heavy atom. The average molecular weight is 360 g/mol. The maximum atomic E-state index is 14.2. The number of ether oxygens (including phenoxy) is 1. The van der Waals surface area contributed by atoms with Gasteiger partial charge in [-0.15, -0.1) is 0 Å². The Hall–Kier alpha value is -2.40. The summed E-state index contributed by atoms with van der Waals surface area (Å²) in [4.78, 5) is 10.8. The van der Waals surface area contributed by atoms with Crippen molar-refractivity contribution in [3.8, 4) is 5.75 Å². The maximum Gasteiger partial charge on any atom is 0.332 e. The first kappa shape index (κ1) is 19.9. The molecule has 0 aliphatic heterocycles. The van der Waals surface area contributed by atoms with Gasteiger partial charge in [0.15, 0.2) is 17.7 Å². The number of hydrogen-bond acceptors (Lipinski definition) is 3. The summed E-state index contributed by atoms with van der Waals surface area (Å²) in [6, 6.07) is 13.1. The Labute approximate surface area is 153 Å². The van der Waals surface area contributed by atoms with Gasteiger partial charge in [-0.1, -0.05) is 37.3 Å². The molecule has 0 amide bonds. The molecule has 2 N–H and O–H groups in total. The largest absolute Gasteiger partial charge is 0.494 e. The number of carbonyl (C=O) groups is 1. The van der Waals surface area contributed by atoms with E-state index in [0.717, 1.165) is 16.7 Å². The Morgan fingerprint density at radius 3 is 2.50 bits per heavy atom. The molecule has 0 aliphatic rings. The Morgan fingerprint density at radius 1 is 1.19 bits per heavy atom. The van der Waals surface area contributed by atoms with Gasteiger partial charge in [0.05, 0.1) is 7.11 Å². The first-order valence-corrected chi connectivity index (χ1v) is 8.70. The minimum absolute atomic E-state index is 0.0100. The van der Waals surface area contributed by atoms with Gasteiger partial charge in [0.1, 0.15) is 0 Å². The van der Waals surface area contributed by atoms with Gasteiger partial charge in [-0.05, 0) is 60.4 Å². The van der Waals surface area contributed by atoms with Crippen molar-refractivity contribution in [2.24, 2.45) is 5.92 Å². The lowest BCUT2D eigenvalue weighted by Crippen LogP contribution is -2.22. The third kappa shape index (κ3) is 5.56. The van der Waals surface area contributed by atoms with Crippen LogP contribution in [0.2, 0.25) is 0 Å². The lowest BCUT2D eigenvalue weighted by molar-refractivity contribution is -0.147. The standard InChI is InChI=1S/C21H25FO4/c1-14(10-19(23)21(24)25)8-9-16-12-18(22)20(26-2)13-17(16)11-15-6-4-3-5-7-15/h3-7,12-14,19,23H,8-11H2,1-2H3,(H,24,25). The molecule has 0 aromatic heterocycles. The number of aliphatic hydroxyl groups is 1. The van der Waals surface area contributed by atoms with Crippen LogP contribution in [0.5, 0.6) is 5.75 Å². The molecule has 5 heteroatoms. The van der Waals surface area contributed by atoms with Crippen LogP contribution in [0.25, 0.3) is 0 Å². The molecule has 2 aromatic rings. The Balaban J connectivity index is 2.15. The van der Waals surface area contributed by atoms with Crippen LogP contribution < -0.4 is 4.74 Å². The second-order valence-electron chi connectivity index (χ2n) is 6.65. The minimum Gasteiger partial charge on any atom is -0.494 e. The molecule has 0 fully saturated rings. The van der Waals surface area contributed by atoms with E-state index in [2.05, 4.69) is 0 Å². The van der Waals surface area contributed by atoms with Crippen molar-refractivity contribution in [2.75, 3.05) is 7.11 Å². The lowest BCUT2D eigenvalue weighted by atomic mass is 9.91. The fourth-order valence-corrected chi connectivity index (χ4v) is 3.01. The van der Waals surface area contributed by atoms with Gasteiger partial charge in [-0.2, -0.15) is 0 Å². The lowest BCUT2D eigenvalue weighted by Gasteiger charge is -2.16. The molecule has 0 heterocycles. The summed E-state index contributed by atoms with van der Waals surface area (Å²) in [5.74, 6) is -1.39. The molecule has 0 radical (unpaired) electrons. The monoisotopic (exact) mass is 360 g/mol. The summed E-state index contributed by atoms with van der Waals surface area (Å²) in [6.45, 7) is 1.89. The van der Waals surface area contributed by atoms with Crippen molar-refractivity contribution in [3.05, 3.63) is 65.0 Å². The molecule has 2 rings (SSSR count). The first-order valence-electron chi connectivity index (χ1n) is 8.70. The number of aliphatic carboxylic acids is 1. The number of aryl methyl sites for hydroxylation is 1. The van der Waals surface area contributed by atoms with Crippen molar-refractivity contribution < 1.29 is 24.1 Å². The van der Waals surface area contributed by atoms with Crippen LogP contribution in [0.1, 0.15) is 36.5 Å². The molecule has 0 saturated carbocycles. The van der Waals surface area contributed by atoms with Crippen LogP contribution in [-0.2, 0) is 17.6 Å². The zero-order valence-electron chi connectivity index (χ0n) is 15.1. The van der Waals surface area contributed by atoms with Crippen LogP contribution in [0.15, 0.2) is 42.5 Å². The van der Waals surface area contributed by atoms with Crippen LogP contribution >= 0.6 is 0 Å². The van der Waals surface area contributed by atoms with Gasteiger partial charge < -0.3 is 14.9 Å². The maximum absolute atomic E-state index is 14.2. The normalized spacial score (nSPS) is 13.2. The van der Waals surface area contributed by atoms with Gasteiger partial charge >= 0.3 is 5.97 Å². The number of carboxylic acid groups (broad SMARTS) is 1. The molecule has 2 unspecified atom stereocenters. The number of rotatable bonds is 9. The van der Waals surface area contributed by atoms with Gasteiger partial charge in [0, 0.05) is 0 Å². The van der Waals surface area contributed by atoms with Crippen molar-refractivity contribution in [3.63, 3.8) is 0 Å². The third-order valence-corrected chi connectivity index (χ3v) is 4.53. The molecule has 0 spiro atoms. The van der Waals surface area contributed by atoms with Crippen molar-refractivity contribution in [2.45, 2.75) is 38.7 Å². The summed E-state index contributed by atoms with van der Waals surface area (Å²) < 4.78 is 19.3. The molecule has 26 heavy (non-hydrogen) atoms. The topological polar surface area (TPSA) is 66.8 Å². The van der Waals surface area contributed by atoms with E-state index < -0.39 is 17.9 Å². The molecular weight excluding hydrogens is 335 g/mol. The van der Waals surface area contributed by atoms with E-state index in [1.165, 1.54) is 13.2 Å². The van der Waals surface area contributed by atoms with E-state index in [4.69, 9.17) is 9.84 Å². The van der Waals surface area contributed by atoms with Crippen molar-refractivity contribution >= 4 is 5.97 Å². The summed E-state index contributed by atoms with van der Waals surface area (Å²) in [7, 11) is 1.44. The molecule has 0 aliphatic carbocycles. The highest BCUT2D eigenvalue weighted by molar-refractivity contribution is 5.71. The van der Waals surface area contributed by atoms with Gasteiger partial charge in [-0.25, -0.2) is 9.18 Å². The molecule has 0 bridgehead atoms. The van der Waals surface area contributed by atoms with E-state index in [0.29, 0.717) is 19.3 Å². The summed E-state index contributed by atoms with van der Waals surface area (Å²) in [6.07, 6.45) is 0.761. The fraction of sp³-hybridized carbons (Fsp3) is 0.381. The molecule has 2 aromatic carbocycles. The Bertz CT molecular complexity index is 730. The van der Waals surface area contributed by atoms with Gasteiger partial charge in [0.25, 0.3) is 0 Å². The van der Waals surface area contributed by atoms with E-state index in [1.807, 2.05) is 37.3 Å². The van der Waals surface area contributed by atoms with E-state index >= 15 is 0 Å². The number of methoxy groups -OCH3 is 1.